The molecule has 0 amide bonds. The second-order valence-corrected chi connectivity index (χ2v) is 5.43. The molecule has 0 atom stereocenters. The fraction of sp³-hybridized carbons (Fsp3) is 0.333. The maximum absolute atomic E-state index is 5.70. The summed E-state index contributed by atoms with van der Waals surface area (Å²) < 4.78 is 6.23. The van der Waals surface area contributed by atoms with Crippen LogP contribution in [-0.2, 0) is 0 Å². The Balaban J connectivity index is 2.48. The smallest absolute Gasteiger partial charge is 0.187 e. The third-order valence-electron chi connectivity index (χ3n) is 1.31. The number of hydrogen-bond donors (Lipinski definition) is 1. The van der Waals surface area contributed by atoms with Gasteiger partial charge in [0.2, 0.25) is 0 Å². The molecular formula is C6H7N3S3. The van der Waals surface area contributed by atoms with Crippen LogP contribution in [0.5, 0.6) is 0 Å². The Labute approximate surface area is 82.2 Å². The Morgan fingerprint density at radius 2 is 2.42 bits per heavy atom. The molecule has 0 fully saturated rings. The molecule has 0 aliphatic heterocycles. The molecule has 0 aromatic carbocycles. The summed E-state index contributed by atoms with van der Waals surface area (Å²) in [5, 5.41) is 0.783. The Hall–Kier alpha value is -0.330. The molecule has 64 valence electrons. The number of thioether (sulfide) groups is 1. The molecule has 0 bridgehead atoms. The number of rotatable bonds is 2. The Morgan fingerprint density at radius 3 is 3.08 bits per heavy atom. The van der Waals surface area contributed by atoms with Gasteiger partial charge in [-0.25, -0.2) is 4.98 Å². The summed E-state index contributed by atoms with van der Waals surface area (Å²) in [5.41, 5.74) is 6.51. The largest absolute Gasteiger partial charge is 0.388 e. The first kappa shape index (κ1) is 8.28. The number of fused-ring (bicyclic) bond motifs is 1. The average molecular weight is 217 g/mol. The first-order valence-corrected chi connectivity index (χ1v) is 6.03. The minimum atomic E-state index is 0.783. The molecule has 3 nitrogen and oxygen atoms in total. The maximum Gasteiger partial charge on any atom is 0.187 e. The van der Waals surface area contributed by atoms with Crippen LogP contribution in [0.2, 0.25) is 0 Å². The third kappa shape index (κ3) is 1.30. The van der Waals surface area contributed by atoms with Crippen molar-refractivity contribution in [3.05, 3.63) is 0 Å². The van der Waals surface area contributed by atoms with Crippen molar-refractivity contribution in [3.8, 4) is 0 Å². The quantitative estimate of drug-likeness (QED) is 0.785. The third-order valence-corrected chi connectivity index (χ3v) is 4.21. The molecule has 2 heterocycles. The van der Waals surface area contributed by atoms with Crippen molar-refractivity contribution in [1.29, 1.82) is 0 Å². The van der Waals surface area contributed by atoms with Crippen molar-refractivity contribution >= 4 is 50.0 Å². The van der Waals surface area contributed by atoms with Gasteiger partial charge >= 0.3 is 0 Å². The highest BCUT2D eigenvalue weighted by Crippen LogP contribution is 2.34. The molecule has 6 heteroatoms. The van der Waals surface area contributed by atoms with Crippen LogP contribution in [0.15, 0.2) is 4.34 Å². The predicted molar refractivity (Wildman–Crippen MR) is 56.1 cm³/mol. The predicted octanol–water partition coefficient (Wildman–Crippen LogP) is 2.45. The Kier molecular flexibility index (Phi) is 2.20. The summed E-state index contributed by atoms with van der Waals surface area (Å²) in [4.78, 5) is 4.32. The molecule has 2 aromatic rings. The normalized spacial score (nSPS) is 11.1. The number of nitrogens with zero attached hydrogens (tertiary/aromatic N) is 2. The van der Waals surface area contributed by atoms with Gasteiger partial charge in [-0.05, 0) is 17.3 Å². The highest BCUT2D eigenvalue weighted by Gasteiger charge is 2.09. The first-order chi connectivity index (χ1) is 5.81. The standard InChI is InChI=1S/C6H7N3S3/c1-2-10-6-8-5-3(11-6)4(7)12-9-5/h2,7H2,1H3. The van der Waals surface area contributed by atoms with Crippen LogP contribution in [-0.4, -0.2) is 15.1 Å². The van der Waals surface area contributed by atoms with Gasteiger partial charge in [-0.3, -0.25) is 0 Å². The number of thiazole rings is 1. The SMILES string of the molecule is CCSc1nc2nsc(N)c2s1. The molecule has 2 rings (SSSR count). The topological polar surface area (TPSA) is 51.8 Å². The monoisotopic (exact) mass is 217 g/mol. The molecule has 2 N–H and O–H groups in total. The van der Waals surface area contributed by atoms with Crippen LogP contribution >= 0.6 is 34.6 Å². The maximum atomic E-state index is 5.70. The summed E-state index contributed by atoms with van der Waals surface area (Å²) in [6.07, 6.45) is 0. The molecule has 2 aromatic heterocycles. The van der Waals surface area contributed by atoms with Crippen LogP contribution in [0.25, 0.3) is 10.3 Å². The van der Waals surface area contributed by atoms with Gasteiger partial charge in [-0.2, -0.15) is 4.37 Å². The number of nitrogen functional groups attached to an aromatic ring is 1. The molecule has 0 aliphatic rings. The molecule has 0 unspecified atom stereocenters. The summed E-state index contributed by atoms with van der Waals surface area (Å²) >= 11 is 4.68. The second-order valence-electron chi connectivity index (χ2n) is 2.11. The van der Waals surface area contributed by atoms with Crippen LogP contribution in [0.1, 0.15) is 6.92 Å². The number of anilines is 1. The molecule has 0 saturated carbocycles. The number of aromatic nitrogens is 2. The molecular weight excluding hydrogens is 210 g/mol. The average Bonchev–Trinajstić information content (AvgIpc) is 2.55. The number of hydrogen-bond acceptors (Lipinski definition) is 6. The van der Waals surface area contributed by atoms with E-state index in [1.54, 1.807) is 23.1 Å². The lowest BCUT2D eigenvalue weighted by molar-refractivity contribution is 1.27. The van der Waals surface area contributed by atoms with E-state index in [0.717, 1.165) is 25.4 Å². The van der Waals surface area contributed by atoms with E-state index >= 15 is 0 Å². The van der Waals surface area contributed by atoms with Crippen molar-refractivity contribution in [2.75, 3.05) is 11.5 Å². The summed E-state index contributed by atoms with van der Waals surface area (Å²) in [5.74, 6) is 1.04. The van der Waals surface area contributed by atoms with Gasteiger partial charge in [0.15, 0.2) is 9.99 Å². The van der Waals surface area contributed by atoms with E-state index < -0.39 is 0 Å². The minimum absolute atomic E-state index is 0.783. The van der Waals surface area contributed by atoms with E-state index in [2.05, 4.69) is 16.3 Å². The van der Waals surface area contributed by atoms with E-state index in [0.29, 0.717) is 0 Å². The molecule has 0 radical (unpaired) electrons. The van der Waals surface area contributed by atoms with E-state index in [-0.39, 0.29) is 0 Å². The molecule has 0 spiro atoms. The van der Waals surface area contributed by atoms with Gasteiger partial charge in [0.25, 0.3) is 0 Å². The van der Waals surface area contributed by atoms with E-state index in [1.165, 1.54) is 11.5 Å². The zero-order valence-electron chi connectivity index (χ0n) is 6.40. The Bertz CT molecular complexity index is 392. The van der Waals surface area contributed by atoms with Gasteiger partial charge in [0.1, 0.15) is 9.70 Å². The minimum Gasteiger partial charge on any atom is -0.388 e. The van der Waals surface area contributed by atoms with E-state index in [9.17, 15) is 0 Å². The summed E-state index contributed by atoms with van der Waals surface area (Å²) in [7, 11) is 0. The molecule has 12 heavy (non-hydrogen) atoms. The van der Waals surface area contributed by atoms with Crippen LogP contribution < -0.4 is 5.73 Å². The molecule has 0 saturated heterocycles. The van der Waals surface area contributed by atoms with Crippen LogP contribution in [0, 0.1) is 0 Å². The highest BCUT2D eigenvalue weighted by molar-refractivity contribution is 8.01. The Morgan fingerprint density at radius 1 is 1.58 bits per heavy atom. The molecule has 0 aliphatic carbocycles. The summed E-state index contributed by atoms with van der Waals surface area (Å²) in [6, 6.07) is 0. The fourth-order valence-corrected chi connectivity index (χ4v) is 3.45. The van der Waals surface area contributed by atoms with Crippen molar-refractivity contribution in [1.82, 2.24) is 9.36 Å². The van der Waals surface area contributed by atoms with Crippen molar-refractivity contribution in [2.45, 2.75) is 11.3 Å². The van der Waals surface area contributed by atoms with E-state index in [1.807, 2.05) is 0 Å². The van der Waals surface area contributed by atoms with Gasteiger partial charge < -0.3 is 5.73 Å². The lowest BCUT2D eigenvalue weighted by Crippen LogP contribution is -1.74. The van der Waals surface area contributed by atoms with Gasteiger partial charge in [0, 0.05) is 0 Å². The van der Waals surface area contributed by atoms with E-state index in [4.69, 9.17) is 5.73 Å². The first-order valence-electron chi connectivity index (χ1n) is 3.45. The van der Waals surface area contributed by atoms with Crippen LogP contribution in [0.4, 0.5) is 5.00 Å². The van der Waals surface area contributed by atoms with Crippen LogP contribution in [0.3, 0.4) is 0 Å². The van der Waals surface area contributed by atoms with Gasteiger partial charge in [0.05, 0.1) is 0 Å². The lowest BCUT2D eigenvalue weighted by Gasteiger charge is -1.85. The van der Waals surface area contributed by atoms with Crippen molar-refractivity contribution < 1.29 is 0 Å². The fourth-order valence-electron chi connectivity index (χ4n) is 0.834. The second kappa shape index (κ2) is 3.20. The van der Waals surface area contributed by atoms with Crippen molar-refractivity contribution in [3.63, 3.8) is 0 Å². The van der Waals surface area contributed by atoms with Crippen molar-refractivity contribution in [2.24, 2.45) is 0 Å². The summed E-state index contributed by atoms with van der Waals surface area (Å²) in [6.45, 7) is 2.11. The zero-order valence-corrected chi connectivity index (χ0v) is 8.85. The highest BCUT2D eigenvalue weighted by atomic mass is 32.2. The van der Waals surface area contributed by atoms with Gasteiger partial charge in [-0.1, -0.05) is 18.7 Å². The zero-order chi connectivity index (χ0) is 8.55. The van der Waals surface area contributed by atoms with Gasteiger partial charge in [-0.15, -0.1) is 11.3 Å². The lowest BCUT2D eigenvalue weighted by atomic mass is 10.6. The number of nitrogens with two attached hydrogens (primary N) is 1.